The minimum atomic E-state index is -1.13. The Morgan fingerprint density at radius 3 is 2.52 bits per heavy atom. The Hall–Kier alpha value is -3.32. The lowest BCUT2D eigenvalue weighted by Gasteiger charge is -2.41. The first kappa shape index (κ1) is 35.5. The van der Waals surface area contributed by atoms with Crippen LogP contribution in [0.1, 0.15) is 73.6 Å². The molecule has 8 atom stereocenters. The molecule has 0 bridgehead atoms. The number of nitrogens with one attached hydrogen (secondary N) is 1. The molecule has 2 fully saturated rings. The highest BCUT2D eigenvalue weighted by molar-refractivity contribution is 6.15. The maximum Gasteiger partial charge on any atom is 0.410 e. The van der Waals surface area contributed by atoms with E-state index >= 15 is 0 Å². The fraction of sp³-hybridized carbons (Fsp3) is 0.697. The van der Waals surface area contributed by atoms with Gasteiger partial charge in [-0.25, -0.2) is 4.79 Å². The molecule has 46 heavy (non-hydrogen) atoms. The number of nitrogens with zero attached hydrogens (tertiary/aromatic N) is 5. The van der Waals surface area contributed by atoms with Crippen molar-refractivity contribution < 1.29 is 28.6 Å². The van der Waals surface area contributed by atoms with Gasteiger partial charge in [-0.15, -0.1) is 5.10 Å². The van der Waals surface area contributed by atoms with E-state index in [0.717, 1.165) is 18.5 Å². The molecule has 2 aliphatic rings. The molecule has 2 aromatic heterocycles. The van der Waals surface area contributed by atoms with Crippen LogP contribution < -0.4 is 5.32 Å². The minimum Gasteiger partial charge on any atom is -0.458 e. The first-order chi connectivity index (χ1) is 21.8. The second-order valence-corrected chi connectivity index (χ2v) is 13.6. The zero-order chi connectivity index (χ0) is 33.6. The third-order valence-corrected chi connectivity index (χ3v) is 10.1. The van der Waals surface area contributed by atoms with Gasteiger partial charge >= 0.3 is 12.1 Å². The van der Waals surface area contributed by atoms with E-state index in [0.29, 0.717) is 38.2 Å². The van der Waals surface area contributed by atoms with E-state index in [-0.39, 0.29) is 30.0 Å². The number of ketones is 1. The molecule has 4 heterocycles. The van der Waals surface area contributed by atoms with Crippen molar-refractivity contribution in [2.24, 2.45) is 11.8 Å². The van der Waals surface area contributed by atoms with Gasteiger partial charge in [-0.2, -0.15) is 0 Å². The topological polar surface area (TPSA) is 138 Å². The van der Waals surface area contributed by atoms with Crippen molar-refractivity contribution in [3.63, 3.8) is 0 Å². The number of rotatable bonds is 8. The predicted octanol–water partition coefficient (Wildman–Crippen LogP) is 3.46. The van der Waals surface area contributed by atoms with Crippen LogP contribution in [0, 0.1) is 11.8 Å². The van der Waals surface area contributed by atoms with Gasteiger partial charge in [-0.05, 0) is 83.8 Å². The maximum atomic E-state index is 13.5. The summed E-state index contributed by atoms with van der Waals surface area (Å²) in [7, 11) is 3.68. The van der Waals surface area contributed by atoms with Gasteiger partial charge in [0, 0.05) is 38.9 Å². The van der Waals surface area contributed by atoms with E-state index in [2.05, 4.69) is 34.5 Å². The Kier molecular flexibility index (Phi) is 11.6. The number of ether oxygens (including phenoxy) is 3. The van der Waals surface area contributed by atoms with Gasteiger partial charge in [0.15, 0.2) is 5.60 Å². The van der Waals surface area contributed by atoms with E-state index < -0.39 is 41.3 Å². The van der Waals surface area contributed by atoms with Gasteiger partial charge in [-0.3, -0.25) is 24.2 Å². The Balaban J connectivity index is 1.53. The largest absolute Gasteiger partial charge is 0.458 e. The molecule has 2 saturated heterocycles. The second-order valence-electron chi connectivity index (χ2n) is 13.6. The molecule has 1 N–H and O–H groups in total. The van der Waals surface area contributed by atoms with Crippen molar-refractivity contribution in [2.75, 3.05) is 20.2 Å². The number of fused-ring (bicyclic) bond motifs is 1. The van der Waals surface area contributed by atoms with Crippen LogP contribution in [-0.2, 0) is 30.3 Å². The molecular weight excluding hydrogens is 587 g/mol. The normalized spacial score (nSPS) is 33.1. The molecule has 4 rings (SSSR count). The summed E-state index contributed by atoms with van der Waals surface area (Å²) in [5.74, 6) is -1.61. The summed E-state index contributed by atoms with van der Waals surface area (Å²) < 4.78 is 19.9. The summed E-state index contributed by atoms with van der Waals surface area (Å²) >= 11 is 0. The number of unbranched alkanes of at least 4 members (excludes halogenated alkanes) is 1. The van der Waals surface area contributed by atoms with E-state index in [4.69, 9.17) is 14.2 Å². The predicted molar refractivity (Wildman–Crippen MR) is 176 cm³/mol. The number of pyridine rings is 1. The van der Waals surface area contributed by atoms with Gasteiger partial charge < -0.3 is 19.5 Å². The lowest BCUT2D eigenvalue weighted by atomic mass is 9.67. The molecular formula is C33H51BN6O6. The first-order valence-corrected chi connectivity index (χ1v) is 16.7. The number of aryl methyl sites for hydroxylation is 1. The molecule has 13 heteroatoms. The SMILES string of the molecule is B[C@@H]1CC(=O)[C@@H](C)C(=O)O[C@H](CC)[C@@]2(C)OC(=O)N(CCCCn3cc(-c4ccccn4)nn3)[C@@H]2[C@@H](C)NC[C@H](C)C[C@]1(C)OC. The van der Waals surface area contributed by atoms with Crippen LogP contribution in [0.25, 0.3) is 11.4 Å². The molecule has 2 aromatic rings. The number of methoxy groups -OCH3 is 1. The maximum absolute atomic E-state index is 13.5. The highest BCUT2D eigenvalue weighted by Crippen LogP contribution is 2.39. The fourth-order valence-electron chi connectivity index (χ4n) is 7.00. The molecule has 1 amide bonds. The Labute approximate surface area is 273 Å². The number of aromatic nitrogens is 4. The minimum absolute atomic E-state index is 0.0975. The van der Waals surface area contributed by atoms with Crippen LogP contribution in [0.3, 0.4) is 0 Å². The zero-order valence-corrected chi connectivity index (χ0v) is 28.7. The van der Waals surface area contributed by atoms with Gasteiger partial charge in [0.05, 0.1) is 23.5 Å². The van der Waals surface area contributed by atoms with E-state index in [1.54, 1.807) is 29.8 Å². The van der Waals surface area contributed by atoms with Crippen LogP contribution >= 0.6 is 0 Å². The highest BCUT2D eigenvalue weighted by atomic mass is 16.6. The average Bonchev–Trinajstić information content (AvgIpc) is 3.61. The van der Waals surface area contributed by atoms with E-state index in [1.165, 1.54) is 0 Å². The molecule has 12 nitrogen and oxygen atoms in total. The fourth-order valence-corrected chi connectivity index (χ4v) is 7.00. The van der Waals surface area contributed by atoms with Crippen molar-refractivity contribution in [2.45, 2.75) is 115 Å². The quantitative estimate of drug-likeness (QED) is 0.198. The third kappa shape index (κ3) is 7.79. The monoisotopic (exact) mass is 638 g/mol. The molecule has 2 aliphatic heterocycles. The summed E-state index contributed by atoms with van der Waals surface area (Å²) in [6, 6.07) is 5.06. The van der Waals surface area contributed by atoms with Crippen LogP contribution in [0.4, 0.5) is 4.79 Å². The van der Waals surface area contributed by atoms with Crippen LogP contribution in [-0.4, -0.2) is 100 Å². The molecule has 0 saturated carbocycles. The van der Waals surface area contributed by atoms with Crippen LogP contribution in [0.2, 0.25) is 5.82 Å². The summed E-state index contributed by atoms with van der Waals surface area (Å²) in [5, 5.41) is 12.2. The first-order valence-electron chi connectivity index (χ1n) is 16.7. The molecule has 0 spiro atoms. The Morgan fingerprint density at radius 2 is 1.85 bits per heavy atom. The van der Waals surface area contributed by atoms with E-state index in [9.17, 15) is 14.4 Å². The molecule has 0 aliphatic carbocycles. The molecule has 0 unspecified atom stereocenters. The second kappa shape index (κ2) is 15.1. The summed E-state index contributed by atoms with van der Waals surface area (Å²) in [5.41, 5.74) is -0.205. The highest BCUT2D eigenvalue weighted by Gasteiger charge is 2.58. The Bertz CT molecular complexity index is 1340. The van der Waals surface area contributed by atoms with Crippen molar-refractivity contribution in [1.82, 2.24) is 30.2 Å². The van der Waals surface area contributed by atoms with E-state index in [1.807, 2.05) is 53.0 Å². The van der Waals surface area contributed by atoms with Gasteiger partial charge in [0.25, 0.3) is 0 Å². The lowest BCUT2D eigenvalue weighted by molar-refractivity contribution is -0.169. The number of cyclic esters (lactones) is 1. The number of carbonyl (C=O) groups excluding carboxylic acids is 3. The van der Waals surface area contributed by atoms with Crippen molar-refractivity contribution in [3.05, 3.63) is 30.6 Å². The molecule has 0 aromatic carbocycles. The van der Waals surface area contributed by atoms with Gasteiger partial charge in [0.1, 0.15) is 31.3 Å². The number of esters is 1. The van der Waals surface area contributed by atoms with Crippen LogP contribution in [0.5, 0.6) is 0 Å². The summed E-state index contributed by atoms with van der Waals surface area (Å²) in [4.78, 5) is 46.3. The van der Waals surface area contributed by atoms with Gasteiger partial charge in [0.2, 0.25) is 0 Å². The van der Waals surface area contributed by atoms with Gasteiger partial charge in [-0.1, -0.05) is 25.1 Å². The molecule has 252 valence electrons. The standard InChI is InChI=1S/C33H51BN6O6/c1-8-28-33(6)29(23(4)36-19-21(2)18-32(5,44-7)27(34)17-26(41)22(3)30(42)45-28)40(31(43)46-33)16-12-11-15-39-20-25(37-38-39)24-13-9-10-14-35-24/h9-10,13-14,20-23,27-29,36H,8,11-12,15-19,34H2,1-7H3/t21-,22-,23-,27-,28-,29-,32+,33-/m1/s1. The Morgan fingerprint density at radius 1 is 1.11 bits per heavy atom. The van der Waals surface area contributed by atoms with Crippen molar-refractivity contribution in [1.29, 1.82) is 0 Å². The smallest absolute Gasteiger partial charge is 0.410 e. The van der Waals surface area contributed by atoms with Crippen molar-refractivity contribution >= 4 is 25.7 Å². The number of Topliss-reactive ketones (excluding diaryl/α,β-unsaturated/α-hetero) is 1. The average molecular weight is 639 g/mol. The number of carbonyl (C=O) groups is 3. The number of hydrogen-bond donors (Lipinski definition) is 1. The summed E-state index contributed by atoms with van der Waals surface area (Å²) in [6.45, 7) is 13.4. The zero-order valence-electron chi connectivity index (χ0n) is 28.7. The van der Waals surface area contributed by atoms with Crippen molar-refractivity contribution in [3.8, 4) is 11.4 Å². The van der Waals surface area contributed by atoms with Crippen LogP contribution in [0.15, 0.2) is 30.6 Å². The molecule has 0 radical (unpaired) electrons. The number of amides is 1. The lowest BCUT2D eigenvalue weighted by Crippen LogP contribution is -2.60. The number of hydrogen-bond acceptors (Lipinski definition) is 10. The summed E-state index contributed by atoms with van der Waals surface area (Å²) in [6.07, 6.45) is 5.24. The third-order valence-electron chi connectivity index (χ3n) is 10.1.